The number of aromatic amines is 2. The third-order valence-electron chi connectivity index (χ3n) is 14.2. The summed E-state index contributed by atoms with van der Waals surface area (Å²) in [7, 11) is 0. The molecule has 2 N–H and O–H groups in total. The molecule has 11 nitrogen and oxygen atoms in total. The molecule has 2 aromatic carbocycles. The van der Waals surface area contributed by atoms with Crippen LogP contribution in [0.2, 0.25) is 0 Å². The zero-order valence-electron chi connectivity index (χ0n) is 37.0. The van der Waals surface area contributed by atoms with E-state index in [1.807, 2.05) is 4.90 Å². The van der Waals surface area contributed by atoms with Crippen LogP contribution in [-0.2, 0) is 43.0 Å². The van der Waals surface area contributed by atoms with E-state index in [4.69, 9.17) is 4.74 Å². The first kappa shape index (κ1) is 47.1. The molecule has 2 aromatic heterocycles. The Bertz CT molecular complexity index is 2540. The molecule has 0 bridgehead atoms. The van der Waals surface area contributed by atoms with E-state index in [0.717, 1.165) is 36.5 Å². The highest BCUT2D eigenvalue weighted by molar-refractivity contribution is 5.94. The Kier molecular flexibility index (Phi) is 12.3. The van der Waals surface area contributed by atoms with E-state index in [0.29, 0.717) is 49.3 Å². The van der Waals surface area contributed by atoms with Gasteiger partial charge in [0.05, 0.1) is 29.9 Å². The van der Waals surface area contributed by atoms with Crippen molar-refractivity contribution in [1.29, 1.82) is 0 Å². The van der Waals surface area contributed by atoms with E-state index in [2.05, 4.69) is 46.1 Å². The number of alkyl halides is 6. The number of piperidine rings is 2. The molecule has 67 heavy (non-hydrogen) atoms. The molecule has 3 saturated heterocycles. The predicted molar refractivity (Wildman–Crippen MR) is 221 cm³/mol. The zero-order chi connectivity index (χ0) is 47.9. The van der Waals surface area contributed by atoms with Crippen LogP contribution in [0, 0.1) is 34.6 Å². The molecule has 0 aliphatic carbocycles. The third-order valence-corrected chi connectivity index (χ3v) is 14.2. The molecular formula is C46H50F10N8O3. The molecule has 21 heteroatoms. The van der Waals surface area contributed by atoms with Crippen molar-refractivity contribution in [2.75, 3.05) is 52.4 Å². The molecule has 2 amide bonds. The summed E-state index contributed by atoms with van der Waals surface area (Å²) in [5, 5.41) is 14.7. The quantitative estimate of drug-likeness (QED) is 0.180. The zero-order valence-corrected chi connectivity index (χ0v) is 37.0. The van der Waals surface area contributed by atoms with Gasteiger partial charge in [0.15, 0.2) is 34.7 Å². The largest absolute Gasteiger partial charge is 0.419 e. The monoisotopic (exact) mass is 952 g/mol. The summed E-state index contributed by atoms with van der Waals surface area (Å²) >= 11 is 0. The molecular weight excluding hydrogens is 903 g/mol. The Balaban J connectivity index is 0.950. The number of amides is 2. The van der Waals surface area contributed by atoms with Gasteiger partial charge in [-0.3, -0.25) is 29.6 Å². The summed E-state index contributed by atoms with van der Waals surface area (Å²) in [5.41, 5.74) is -1.02. The highest BCUT2D eigenvalue weighted by Crippen LogP contribution is 2.47. The predicted octanol–water partition coefficient (Wildman–Crippen LogP) is 8.22. The Morgan fingerprint density at radius 2 is 1.24 bits per heavy atom. The number of halogens is 10. The lowest BCUT2D eigenvalue weighted by Gasteiger charge is -2.52. The van der Waals surface area contributed by atoms with E-state index in [9.17, 15) is 49.1 Å². The average Bonchev–Trinajstić information content (AvgIpc) is 3.87. The van der Waals surface area contributed by atoms with E-state index in [1.165, 1.54) is 4.90 Å². The highest BCUT2D eigenvalue weighted by Gasteiger charge is 2.51. The SMILES string of the molecule is CC(C)(C)CN1CCc2[nH]nc(C(=O)N3CCC(c4ccc(F)c(F)c4C(F)(F)F)C(C4OCC4N4CCc5[nH]nc(C(=O)N6CCC(c7ccc(F)c(F)c7C(F)(F)F)CC6)c5C4)C3)c2C1. The Labute approximate surface area is 379 Å². The standard InChI is InChI=1S/C46H50F10N8O3/c1-44(2,3)22-61-13-11-32-28(18-61)39(59-57-32)43(66)64-16-10-25(26-5-7-31(48)38(50)36(26)46(54,55)56)27(19-64)41-34(21-67-41)63-17-12-33-29(20-63)40(60-58-33)42(65)62-14-8-23(9-15-62)24-4-6-30(47)37(49)35(24)45(51,52)53/h4-7,23,25,27,34,41H,8-22H2,1-3H3,(H,57,59)(H,58,60). The minimum atomic E-state index is -5.24. The van der Waals surface area contributed by atoms with Crippen LogP contribution in [0.3, 0.4) is 0 Å². The van der Waals surface area contributed by atoms with Crippen LogP contribution in [0.4, 0.5) is 43.9 Å². The molecule has 5 aliphatic rings. The maximum atomic E-state index is 15.2. The number of nitrogens with one attached hydrogen (secondary N) is 2. The minimum absolute atomic E-state index is 0.0100. The molecule has 4 unspecified atom stereocenters. The molecule has 0 saturated carbocycles. The lowest BCUT2D eigenvalue weighted by atomic mass is 9.72. The molecule has 362 valence electrons. The van der Waals surface area contributed by atoms with Crippen LogP contribution in [0.5, 0.6) is 0 Å². The topological polar surface area (TPSA) is 114 Å². The van der Waals surface area contributed by atoms with Gasteiger partial charge in [-0.2, -0.15) is 36.5 Å². The lowest BCUT2D eigenvalue weighted by molar-refractivity contribution is -0.173. The Hall–Kier alpha value is -5.02. The van der Waals surface area contributed by atoms with Gasteiger partial charge in [-0.25, -0.2) is 17.6 Å². The van der Waals surface area contributed by atoms with Crippen molar-refractivity contribution in [3.8, 4) is 0 Å². The third kappa shape index (κ3) is 8.95. The van der Waals surface area contributed by atoms with Crippen LogP contribution in [0.15, 0.2) is 24.3 Å². The fraction of sp³-hybridized carbons (Fsp3) is 0.565. The van der Waals surface area contributed by atoms with Crippen LogP contribution >= 0.6 is 0 Å². The van der Waals surface area contributed by atoms with Gasteiger partial charge in [0.1, 0.15) is 0 Å². The Morgan fingerprint density at radius 3 is 1.81 bits per heavy atom. The number of nitrogens with zero attached hydrogens (tertiary/aromatic N) is 6. The number of ether oxygens (including phenoxy) is 1. The van der Waals surface area contributed by atoms with Gasteiger partial charge >= 0.3 is 12.4 Å². The van der Waals surface area contributed by atoms with Gasteiger partial charge in [-0.1, -0.05) is 32.9 Å². The van der Waals surface area contributed by atoms with Crippen LogP contribution in [0.1, 0.15) is 118 Å². The fourth-order valence-electron chi connectivity index (χ4n) is 11.1. The summed E-state index contributed by atoms with van der Waals surface area (Å²) in [6.45, 7) is 9.10. The minimum Gasteiger partial charge on any atom is -0.374 e. The maximum Gasteiger partial charge on any atom is 0.419 e. The Morgan fingerprint density at radius 1 is 0.701 bits per heavy atom. The van der Waals surface area contributed by atoms with Gasteiger partial charge in [-0.15, -0.1) is 0 Å². The van der Waals surface area contributed by atoms with Crippen molar-refractivity contribution in [3.05, 3.63) is 104 Å². The van der Waals surface area contributed by atoms with Gasteiger partial charge in [0.2, 0.25) is 0 Å². The molecule has 4 aromatic rings. The second-order valence-corrected chi connectivity index (χ2v) is 19.7. The van der Waals surface area contributed by atoms with E-state index < -0.39 is 94.0 Å². The number of hydrogen-bond acceptors (Lipinski definition) is 7. The van der Waals surface area contributed by atoms with E-state index in [-0.39, 0.29) is 81.0 Å². The first-order chi connectivity index (χ1) is 31.6. The van der Waals surface area contributed by atoms with Crippen LogP contribution in [-0.4, -0.2) is 116 Å². The van der Waals surface area contributed by atoms with Gasteiger partial charge in [0.25, 0.3) is 11.8 Å². The molecule has 0 spiro atoms. The number of carbonyl (C=O) groups excluding carboxylic acids is 2. The van der Waals surface area contributed by atoms with Crippen molar-refractivity contribution >= 4 is 11.8 Å². The highest BCUT2D eigenvalue weighted by atomic mass is 19.4. The van der Waals surface area contributed by atoms with Crippen LogP contribution in [0.25, 0.3) is 0 Å². The molecule has 3 fully saturated rings. The lowest BCUT2D eigenvalue weighted by Crippen LogP contribution is -2.63. The molecule has 0 radical (unpaired) electrons. The van der Waals surface area contributed by atoms with Crippen molar-refractivity contribution in [2.45, 2.75) is 102 Å². The smallest absolute Gasteiger partial charge is 0.374 e. The number of likely N-dealkylation sites (tertiary alicyclic amines) is 2. The maximum absolute atomic E-state index is 15.2. The van der Waals surface area contributed by atoms with E-state index in [1.54, 1.807) is 4.90 Å². The number of fused-ring (bicyclic) bond motifs is 2. The number of carbonyl (C=O) groups is 2. The van der Waals surface area contributed by atoms with Crippen molar-refractivity contribution in [3.63, 3.8) is 0 Å². The summed E-state index contributed by atoms with van der Waals surface area (Å²) in [5.74, 6) is -10.7. The second-order valence-electron chi connectivity index (χ2n) is 19.7. The molecule has 5 aliphatic heterocycles. The number of H-pyrrole nitrogens is 2. The van der Waals surface area contributed by atoms with Crippen LogP contribution < -0.4 is 0 Å². The molecule has 7 heterocycles. The van der Waals surface area contributed by atoms with Crippen molar-refractivity contribution < 1.29 is 58.2 Å². The number of benzene rings is 2. The van der Waals surface area contributed by atoms with Gasteiger partial charge < -0.3 is 14.5 Å². The number of aromatic nitrogens is 4. The normalized spacial score (nSPS) is 23.5. The van der Waals surface area contributed by atoms with Gasteiger partial charge in [-0.05, 0) is 59.8 Å². The fourth-order valence-corrected chi connectivity index (χ4v) is 11.1. The van der Waals surface area contributed by atoms with E-state index >= 15 is 4.39 Å². The average molecular weight is 953 g/mol. The summed E-state index contributed by atoms with van der Waals surface area (Å²) in [4.78, 5) is 35.7. The summed E-state index contributed by atoms with van der Waals surface area (Å²) < 4.78 is 150. The van der Waals surface area contributed by atoms with Gasteiger partial charge in [0, 0.05) is 100 Å². The summed E-state index contributed by atoms with van der Waals surface area (Å²) in [6, 6.07) is 2.81. The van der Waals surface area contributed by atoms with Crippen molar-refractivity contribution in [2.24, 2.45) is 11.3 Å². The number of hydrogen-bond donors (Lipinski definition) is 2. The molecule has 4 atom stereocenters. The summed E-state index contributed by atoms with van der Waals surface area (Å²) in [6.07, 6.45) is -10.0. The number of rotatable bonds is 7. The first-order valence-electron chi connectivity index (χ1n) is 22.5. The molecule has 9 rings (SSSR count). The second kappa shape index (κ2) is 17.5. The van der Waals surface area contributed by atoms with Crippen molar-refractivity contribution in [1.82, 2.24) is 40.0 Å². The first-order valence-corrected chi connectivity index (χ1v) is 22.5.